The van der Waals surface area contributed by atoms with Gasteiger partial charge in [0.05, 0.1) is 25.8 Å². The van der Waals surface area contributed by atoms with Crippen molar-refractivity contribution in [2.45, 2.75) is 13.0 Å². The summed E-state index contributed by atoms with van der Waals surface area (Å²) < 4.78 is 5.15. The number of nitrogens with zero attached hydrogens (tertiary/aromatic N) is 1. The van der Waals surface area contributed by atoms with Crippen LogP contribution in [0.25, 0.3) is 0 Å². The van der Waals surface area contributed by atoms with Crippen molar-refractivity contribution >= 4 is 11.9 Å². The van der Waals surface area contributed by atoms with E-state index in [0.717, 1.165) is 0 Å². The molecule has 92 valence electrons. The third-order valence-corrected chi connectivity index (χ3v) is 2.76. The highest BCUT2D eigenvalue weighted by Crippen LogP contribution is 2.20. The van der Waals surface area contributed by atoms with Crippen molar-refractivity contribution in [1.29, 1.82) is 0 Å². The molecule has 1 heterocycles. The molecule has 1 aliphatic heterocycles. The number of rotatable bonds is 5. The van der Waals surface area contributed by atoms with Gasteiger partial charge in [0.2, 0.25) is 5.91 Å². The van der Waals surface area contributed by atoms with Gasteiger partial charge in [0.25, 0.3) is 0 Å². The molecule has 1 aliphatic rings. The zero-order valence-corrected chi connectivity index (χ0v) is 9.60. The van der Waals surface area contributed by atoms with Gasteiger partial charge in [-0.15, -0.1) is 0 Å². The monoisotopic (exact) mass is 230 g/mol. The lowest BCUT2D eigenvalue weighted by Gasteiger charge is -2.29. The predicted octanol–water partition coefficient (Wildman–Crippen LogP) is -0.846. The van der Waals surface area contributed by atoms with Crippen LogP contribution >= 0.6 is 0 Å². The zero-order chi connectivity index (χ0) is 12.1. The van der Waals surface area contributed by atoms with Gasteiger partial charge >= 0.3 is 5.97 Å². The average Bonchev–Trinajstić information content (AvgIpc) is 2.68. The van der Waals surface area contributed by atoms with Crippen LogP contribution in [0.5, 0.6) is 0 Å². The van der Waals surface area contributed by atoms with E-state index >= 15 is 0 Å². The van der Waals surface area contributed by atoms with Crippen molar-refractivity contribution in [3.8, 4) is 0 Å². The first kappa shape index (κ1) is 12.9. The lowest BCUT2D eigenvalue weighted by Crippen LogP contribution is -2.48. The fraction of sp³-hybridized carbons (Fsp3) is 0.800. The van der Waals surface area contributed by atoms with Crippen molar-refractivity contribution in [3.05, 3.63) is 0 Å². The van der Waals surface area contributed by atoms with Crippen LogP contribution in [-0.4, -0.2) is 61.3 Å². The number of amides is 1. The highest BCUT2D eigenvalue weighted by molar-refractivity contribution is 5.80. The van der Waals surface area contributed by atoms with E-state index in [-0.39, 0.29) is 25.1 Å². The Bertz CT molecular complexity index is 270. The van der Waals surface area contributed by atoms with Gasteiger partial charge in [-0.1, -0.05) is 0 Å². The Balaban J connectivity index is 2.71. The third kappa shape index (κ3) is 2.70. The first-order valence-electron chi connectivity index (χ1n) is 5.36. The largest absolute Gasteiger partial charge is 0.481 e. The summed E-state index contributed by atoms with van der Waals surface area (Å²) in [5.41, 5.74) is 0. The molecule has 0 radical (unpaired) electrons. The molecule has 0 saturated carbocycles. The Morgan fingerprint density at radius 1 is 1.50 bits per heavy atom. The molecule has 0 spiro atoms. The van der Waals surface area contributed by atoms with E-state index in [1.165, 1.54) is 0 Å². The second kappa shape index (κ2) is 5.81. The number of hydrogen-bond donors (Lipinski definition) is 2. The molecule has 0 aliphatic carbocycles. The van der Waals surface area contributed by atoms with E-state index in [1.54, 1.807) is 11.9 Å². The minimum atomic E-state index is -0.904. The molecule has 2 unspecified atom stereocenters. The summed E-state index contributed by atoms with van der Waals surface area (Å²) in [6.45, 7) is 3.05. The average molecular weight is 230 g/mol. The molecule has 2 atom stereocenters. The van der Waals surface area contributed by atoms with Crippen molar-refractivity contribution in [2.24, 2.45) is 5.92 Å². The van der Waals surface area contributed by atoms with Crippen molar-refractivity contribution in [3.63, 3.8) is 0 Å². The highest BCUT2D eigenvalue weighted by atomic mass is 16.5. The Kier molecular flexibility index (Phi) is 4.70. The molecule has 1 amide bonds. The number of carboxylic acids is 1. The molecular formula is C10H18N2O4. The van der Waals surface area contributed by atoms with Crippen LogP contribution in [0.2, 0.25) is 0 Å². The minimum absolute atomic E-state index is 0.0910. The minimum Gasteiger partial charge on any atom is -0.481 e. The van der Waals surface area contributed by atoms with Gasteiger partial charge in [-0.2, -0.15) is 0 Å². The van der Waals surface area contributed by atoms with Crippen LogP contribution in [0, 0.1) is 5.92 Å². The van der Waals surface area contributed by atoms with E-state index < -0.39 is 11.9 Å². The second-order valence-corrected chi connectivity index (χ2v) is 3.76. The van der Waals surface area contributed by atoms with Gasteiger partial charge in [-0.05, 0) is 14.0 Å². The van der Waals surface area contributed by atoms with E-state index in [4.69, 9.17) is 9.84 Å². The molecule has 6 nitrogen and oxygen atoms in total. The topological polar surface area (TPSA) is 78.9 Å². The van der Waals surface area contributed by atoms with Crippen LogP contribution in [-0.2, 0) is 14.3 Å². The SMILES string of the molecule is CCN(C(=O)CNC)C1COCC1C(=O)O. The number of ether oxygens (including phenoxy) is 1. The van der Waals surface area contributed by atoms with Crippen molar-refractivity contribution in [1.82, 2.24) is 10.2 Å². The maximum atomic E-state index is 11.7. The molecule has 6 heteroatoms. The highest BCUT2D eigenvalue weighted by Gasteiger charge is 2.39. The standard InChI is InChI=1S/C10H18N2O4/c1-3-12(9(13)4-11-2)8-6-16-5-7(8)10(14)15/h7-8,11H,3-6H2,1-2H3,(H,14,15). The molecule has 0 aromatic heterocycles. The summed E-state index contributed by atoms with van der Waals surface area (Å²) in [6, 6.07) is -0.344. The number of carbonyl (C=O) groups excluding carboxylic acids is 1. The first-order valence-corrected chi connectivity index (χ1v) is 5.36. The van der Waals surface area contributed by atoms with Crippen LogP contribution in [0.15, 0.2) is 0 Å². The second-order valence-electron chi connectivity index (χ2n) is 3.76. The number of likely N-dealkylation sites (N-methyl/N-ethyl adjacent to an activating group) is 2. The normalized spacial score (nSPS) is 24.4. The van der Waals surface area contributed by atoms with Gasteiger partial charge in [-0.3, -0.25) is 9.59 Å². The van der Waals surface area contributed by atoms with Gasteiger partial charge < -0.3 is 20.1 Å². The Morgan fingerprint density at radius 3 is 2.69 bits per heavy atom. The molecule has 0 bridgehead atoms. The molecular weight excluding hydrogens is 212 g/mol. The summed E-state index contributed by atoms with van der Waals surface area (Å²) in [6.07, 6.45) is 0. The fourth-order valence-electron chi connectivity index (χ4n) is 1.93. The van der Waals surface area contributed by atoms with Crippen LogP contribution in [0.3, 0.4) is 0 Å². The number of aliphatic carboxylic acids is 1. The van der Waals surface area contributed by atoms with Gasteiger partial charge in [0, 0.05) is 6.54 Å². The first-order chi connectivity index (χ1) is 7.61. The Labute approximate surface area is 94.6 Å². The van der Waals surface area contributed by atoms with Crippen molar-refractivity contribution < 1.29 is 19.4 Å². The maximum absolute atomic E-state index is 11.7. The number of nitrogens with one attached hydrogen (secondary N) is 1. The van der Waals surface area contributed by atoms with Crippen LogP contribution < -0.4 is 5.32 Å². The smallest absolute Gasteiger partial charge is 0.311 e. The summed E-state index contributed by atoms with van der Waals surface area (Å²) in [7, 11) is 1.69. The van der Waals surface area contributed by atoms with Crippen LogP contribution in [0.4, 0.5) is 0 Å². The molecule has 0 aromatic carbocycles. The number of carbonyl (C=O) groups is 2. The van der Waals surface area contributed by atoms with Gasteiger partial charge in [-0.25, -0.2) is 0 Å². The third-order valence-electron chi connectivity index (χ3n) is 2.76. The van der Waals surface area contributed by atoms with E-state index in [1.807, 2.05) is 6.92 Å². The van der Waals surface area contributed by atoms with Crippen LogP contribution in [0.1, 0.15) is 6.92 Å². The number of carboxylic acid groups (broad SMARTS) is 1. The fourth-order valence-corrected chi connectivity index (χ4v) is 1.93. The summed E-state index contributed by atoms with van der Waals surface area (Å²) >= 11 is 0. The Morgan fingerprint density at radius 2 is 2.19 bits per heavy atom. The molecule has 2 N–H and O–H groups in total. The predicted molar refractivity (Wildman–Crippen MR) is 57.0 cm³/mol. The molecule has 1 saturated heterocycles. The van der Waals surface area contributed by atoms with E-state index in [0.29, 0.717) is 13.2 Å². The molecule has 1 fully saturated rings. The zero-order valence-electron chi connectivity index (χ0n) is 9.60. The Hall–Kier alpha value is -1.14. The molecule has 1 rings (SSSR count). The van der Waals surface area contributed by atoms with Gasteiger partial charge in [0.1, 0.15) is 5.92 Å². The summed E-state index contributed by atoms with van der Waals surface area (Å²) in [5, 5.41) is 11.8. The number of hydrogen-bond acceptors (Lipinski definition) is 4. The maximum Gasteiger partial charge on any atom is 0.311 e. The molecule has 16 heavy (non-hydrogen) atoms. The quantitative estimate of drug-likeness (QED) is 0.643. The van der Waals surface area contributed by atoms with E-state index in [2.05, 4.69) is 5.32 Å². The molecule has 0 aromatic rings. The van der Waals surface area contributed by atoms with E-state index in [9.17, 15) is 9.59 Å². The lowest BCUT2D eigenvalue weighted by molar-refractivity contribution is -0.144. The lowest BCUT2D eigenvalue weighted by atomic mass is 10.0. The van der Waals surface area contributed by atoms with Gasteiger partial charge in [0.15, 0.2) is 0 Å². The van der Waals surface area contributed by atoms with Crippen molar-refractivity contribution in [2.75, 3.05) is 33.4 Å². The summed E-state index contributed by atoms with van der Waals surface area (Å²) in [4.78, 5) is 24.3. The summed E-state index contributed by atoms with van der Waals surface area (Å²) in [5.74, 6) is -1.61.